The molecule has 0 saturated carbocycles. The van der Waals surface area contributed by atoms with Gasteiger partial charge < -0.3 is 19.7 Å². The van der Waals surface area contributed by atoms with Crippen LogP contribution in [0.25, 0.3) is 11.1 Å². The van der Waals surface area contributed by atoms with Crippen molar-refractivity contribution < 1.29 is 28.9 Å². The molecule has 200 valence electrons. The number of aryl methyl sites for hydroxylation is 1. The summed E-state index contributed by atoms with van der Waals surface area (Å²) in [6.07, 6.45) is 2.42. The number of carboxylic acid groups (broad SMARTS) is 1. The molecule has 0 aromatic heterocycles. The minimum absolute atomic E-state index is 0.0361. The van der Waals surface area contributed by atoms with Gasteiger partial charge in [0.25, 0.3) is 0 Å². The number of aliphatic carboxylic acids is 1. The number of hydrogen-bond acceptors (Lipinski definition) is 4. The highest BCUT2D eigenvalue weighted by atomic mass is 19.1. The number of aliphatic hydroxyl groups is 1. The van der Waals surface area contributed by atoms with Crippen molar-refractivity contribution in [2.75, 3.05) is 7.11 Å². The standard InChI is InChI=1S/C32H35FO5/c1-6-32(3,4)30(34)28-15-20(7-12-25(28)27-16-22(37-5)11-14-29(27)33)18-38-23-10-8-21-9-13-24(26(21)17-23)19(2)31(35)36/h6-8,10-12,14-17,19,24,30,34H,1,9,13,18H2,2-5H3,(H,35,36)/t19-,24+,30-/m0/s1. The Hall–Kier alpha value is -3.64. The van der Waals surface area contributed by atoms with Crippen LogP contribution in [0.2, 0.25) is 0 Å². The quantitative estimate of drug-likeness (QED) is 0.281. The molecule has 3 aromatic carbocycles. The molecule has 4 rings (SSSR count). The first-order valence-electron chi connectivity index (χ1n) is 12.8. The third-order valence-electron chi connectivity index (χ3n) is 7.75. The molecule has 3 atom stereocenters. The van der Waals surface area contributed by atoms with Gasteiger partial charge in [0, 0.05) is 11.0 Å². The molecule has 1 aliphatic rings. The minimum atomic E-state index is -0.946. The summed E-state index contributed by atoms with van der Waals surface area (Å²) < 4.78 is 26.3. The van der Waals surface area contributed by atoms with Crippen LogP contribution in [0, 0.1) is 17.2 Å². The second-order valence-corrected chi connectivity index (χ2v) is 10.6. The van der Waals surface area contributed by atoms with Gasteiger partial charge in [-0.3, -0.25) is 4.79 Å². The maximum absolute atomic E-state index is 14.9. The van der Waals surface area contributed by atoms with Crippen LogP contribution >= 0.6 is 0 Å². The highest BCUT2D eigenvalue weighted by Crippen LogP contribution is 2.42. The first-order chi connectivity index (χ1) is 18.1. The third-order valence-corrected chi connectivity index (χ3v) is 7.75. The molecule has 0 unspecified atom stereocenters. The van der Waals surface area contributed by atoms with Crippen molar-refractivity contribution in [1.82, 2.24) is 0 Å². The van der Waals surface area contributed by atoms with Crippen molar-refractivity contribution in [3.63, 3.8) is 0 Å². The van der Waals surface area contributed by atoms with E-state index in [0.717, 1.165) is 29.5 Å². The van der Waals surface area contributed by atoms with Gasteiger partial charge in [-0.1, -0.05) is 45.0 Å². The number of methoxy groups -OCH3 is 1. The van der Waals surface area contributed by atoms with Gasteiger partial charge in [0.05, 0.1) is 19.1 Å². The average Bonchev–Trinajstić information content (AvgIpc) is 3.34. The number of hydrogen-bond donors (Lipinski definition) is 2. The van der Waals surface area contributed by atoms with Gasteiger partial charge in [0.2, 0.25) is 0 Å². The number of halogens is 1. The van der Waals surface area contributed by atoms with Gasteiger partial charge in [-0.25, -0.2) is 4.39 Å². The maximum atomic E-state index is 14.9. The van der Waals surface area contributed by atoms with Crippen LogP contribution in [0.15, 0.2) is 67.3 Å². The van der Waals surface area contributed by atoms with Gasteiger partial charge in [-0.2, -0.15) is 0 Å². The number of benzene rings is 3. The summed E-state index contributed by atoms with van der Waals surface area (Å²) in [5.74, 6) is -0.536. The lowest BCUT2D eigenvalue weighted by Gasteiger charge is -2.29. The van der Waals surface area contributed by atoms with Crippen LogP contribution in [0.3, 0.4) is 0 Å². The Labute approximate surface area is 223 Å². The van der Waals surface area contributed by atoms with Gasteiger partial charge in [-0.05, 0) is 83.0 Å². The molecule has 0 heterocycles. The predicted octanol–water partition coefficient (Wildman–Crippen LogP) is 7.08. The summed E-state index contributed by atoms with van der Waals surface area (Å²) in [5, 5.41) is 20.8. The number of carbonyl (C=O) groups is 1. The summed E-state index contributed by atoms with van der Waals surface area (Å²) in [4.78, 5) is 11.6. The van der Waals surface area contributed by atoms with Crippen molar-refractivity contribution in [1.29, 1.82) is 0 Å². The lowest BCUT2D eigenvalue weighted by molar-refractivity contribution is -0.141. The SMILES string of the molecule is C=CC(C)(C)[C@@H](O)c1cc(COc2ccc3c(c2)[C@@H]([C@H](C)C(=O)O)CC3)ccc1-c1cc(OC)ccc1F. The zero-order chi connectivity index (χ0) is 27.6. The Morgan fingerprint density at radius 2 is 1.87 bits per heavy atom. The molecule has 0 bridgehead atoms. The Kier molecular flexibility index (Phi) is 7.93. The van der Waals surface area contributed by atoms with E-state index in [1.54, 1.807) is 31.2 Å². The third kappa shape index (κ3) is 5.46. The second kappa shape index (κ2) is 11.0. The monoisotopic (exact) mass is 518 g/mol. The number of carboxylic acids is 1. The Bertz CT molecular complexity index is 1350. The Balaban J connectivity index is 1.65. The number of fused-ring (bicyclic) bond motifs is 1. The summed E-state index contributed by atoms with van der Waals surface area (Å²) in [6, 6.07) is 15.9. The molecule has 0 spiro atoms. The molecule has 1 aliphatic carbocycles. The first-order valence-corrected chi connectivity index (χ1v) is 12.8. The van der Waals surface area contributed by atoms with Gasteiger partial charge in [-0.15, -0.1) is 6.58 Å². The van der Waals surface area contributed by atoms with Crippen molar-refractivity contribution in [2.45, 2.75) is 52.2 Å². The molecular weight excluding hydrogens is 483 g/mol. The normalized spacial score (nSPS) is 16.4. The Morgan fingerprint density at radius 1 is 1.13 bits per heavy atom. The highest BCUT2D eigenvalue weighted by molar-refractivity contribution is 5.72. The lowest BCUT2D eigenvalue weighted by Crippen LogP contribution is -2.20. The predicted molar refractivity (Wildman–Crippen MR) is 146 cm³/mol. The fourth-order valence-corrected chi connectivity index (χ4v) is 5.08. The molecule has 38 heavy (non-hydrogen) atoms. The van der Waals surface area contributed by atoms with Crippen LogP contribution in [0.5, 0.6) is 11.5 Å². The summed E-state index contributed by atoms with van der Waals surface area (Å²) >= 11 is 0. The number of rotatable bonds is 10. The van der Waals surface area contributed by atoms with Gasteiger partial charge in [0.1, 0.15) is 23.9 Å². The molecule has 0 radical (unpaired) electrons. The maximum Gasteiger partial charge on any atom is 0.306 e. The van der Waals surface area contributed by atoms with Gasteiger partial charge >= 0.3 is 5.97 Å². The molecule has 5 nitrogen and oxygen atoms in total. The zero-order valence-corrected chi connectivity index (χ0v) is 22.3. The first kappa shape index (κ1) is 27.4. The van der Waals surface area contributed by atoms with E-state index < -0.39 is 29.2 Å². The largest absolute Gasteiger partial charge is 0.497 e. The average molecular weight is 519 g/mol. The highest BCUT2D eigenvalue weighted by Gasteiger charge is 2.32. The molecule has 3 aromatic rings. The van der Waals surface area contributed by atoms with Crippen molar-refractivity contribution in [3.05, 3.63) is 95.3 Å². The van der Waals surface area contributed by atoms with E-state index in [1.807, 2.05) is 44.2 Å². The van der Waals surface area contributed by atoms with Crippen LogP contribution in [0.1, 0.15) is 61.5 Å². The van der Waals surface area contributed by atoms with E-state index >= 15 is 0 Å². The lowest BCUT2D eigenvalue weighted by atomic mass is 9.79. The topological polar surface area (TPSA) is 76.0 Å². The van der Waals surface area contributed by atoms with Crippen LogP contribution in [-0.4, -0.2) is 23.3 Å². The van der Waals surface area contributed by atoms with E-state index in [-0.39, 0.29) is 12.5 Å². The van der Waals surface area contributed by atoms with E-state index in [9.17, 15) is 19.4 Å². The zero-order valence-electron chi connectivity index (χ0n) is 22.3. The molecule has 0 amide bonds. The Morgan fingerprint density at radius 3 is 2.55 bits per heavy atom. The van der Waals surface area contributed by atoms with E-state index in [1.165, 1.54) is 13.2 Å². The van der Waals surface area contributed by atoms with Crippen LogP contribution < -0.4 is 9.47 Å². The molecule has 0 saturated heterocycles. The number of aliphatic hydroxyl groups excluding tert-OH is 1. The molecule has 2 N–H and O–H groups in total. The van der Waals surface area contributed by atoms with Gasteiger partial charge in [0.15, 0.2) is 0 Å². The van der Waals surface area contributed by atoms with E-state index in [0.29, 0.717) is 28.2 Å². The fourth-order valence-electron chi connectivity index (χ4n) is 5.08. The summed E-state index contributed by atoms with van der Waals surface area (Å²) in [5.41, 5.74) is 3.80. The number of ether oxygens (including phenoxy) is 2. The van der Waals surface area contributed by atoms with Crippen LogP contribution in [-0.2, 0) is 17.8 Å². The minimum Gasteiger partial charge on any atom is -0.497 e. The molecule has 0 fully saturated rings. The smallest absolute Gasteiger partial charge is 0.306 e. The fraction of sp³-hybridized carbons (Fsp3) is 0.344. The second-order valence-electron chi connectivity index (χ2n) is 10.6. The summed E-state index contributed by atoms with van der Waals surface area (Å²) in [7, 11) is 1.53. The molecule has 0 aliphatic heterocycles. The van der Waals surface area contributed by atoms with E-state index in [4.69, 9.17) is 9.47 Å². The van der Waals surface area contributed by atoms with Crippen LogP contribution in [0.4, 0.5) is 4.39 Å². The molecule has 6 heteroatoms. The van der Waals surface area contributed by atoms with E-state index in [2.05, 4.69) is 6.58 Å². The van der Waals surface area contributed by atoms with Crippen molar-refractivity contribution >= 4 is 5.97 Å². The van der Waals surface area contributed by atoms with Crippen molar-refractivity contribution in [2.24, 2.45) is 11.3 Å². The summed E-state index contributed by atoms with van der Waals surface area (Å²) in [6.45, 7) is 9.59. The molecular formula is C32H35FO5. The van der Waals surface area contributed by atoms with Crippen molar-refractivity contribution in [3.8, 4) is 22.6 Å².